The van der Waals surface area contributed by atoms with Gasteiger partial charge in [-0.3, -0.25) is 19.9 Å². The Bertz CT molecular complexity index is 549. The molecule has 0 bridgehead atoms. The highest BCUT2D eigenvalue weighted by Gasteiger charge is 2.28. The van der Waals surface area contributed by atoms with Crippen LogP contribution >= 0.6 is 12.4 Å². The molecule has 1 atom stereocenters. The fourth-order valence-corrected chi connectivity index (χ4v) is 3.51. The monoisotopic (exact) mass is 340 g/mol. The van der Waals surface area contributed by atoms with E-state index in [1.165, 1.54) is 6.42 Å². The molecule has 1 aromatic rings. The van der Waals surface area contributed by atoms with Crippen molar-refractivity contribution in [3.05, 3.63) is 39.4 Å². The average Bonchev–Trinajstić information content (AvgIpc) is 2.98. The topological polar surface area (TPSA) is 61.6 Å². The molecule has 7 heteroatoms. The van der Waals surface area contributed by atoms with Gasteiger partial charge in [-0.15, -0.1) is 12.4 Å². The Kier molecular flexibility index (Phi) is 6.35. The van der Waals surface area contributed by atoms with Gasteiger partial charge in [-0.25, -0.2) is 0 Å². The molecule has 2 aliphatic heterocycles. The van der Waals surface area contributed by atoms with Crippen LogP contribution in [0.4, 0.5) is 5.69 Å². The summed E-state index contributed by atoms with van der Waals surface area (Å²) in [5, 5.41) is 14.4. The Morgan fingerprint density at radius 3 is 2.74 bits per heavy atom. The molecule has 23 heavy (non-hydrogen) atoms. The van der Waals surface area contributed by atoms with Gasteiger partial charge in [0.05, 0.1) is 4.92 Å². The molecule has 1 N–H and O–H groups in total. The second-order valence-electron chi connectivity index (χ2n) is 6.34. The lowest BCUT2D eigenvalue weighted by atomic mass is 10.1. The summed E-state index contributed by atoms with van der Waals surface area (Å²) in [6.07, 6.45) is 1.20. The van der Waals surface area contributed by atoms with Crippen LogP contribution in [0.15, 0.2) is 18.2 Å². The van der Waals surface area contributed by atoms with Crippen LogP contribution in [0.1, 0.15) is 17.5 Å². The molecule has 0 radical (unpaired) electrons. The number of hydrogen-bond donors (Lipinski definition) is 1. The first-order valence-corrected chi connectivity index (χ1v) is 8.04. The van der Waals surface area contributed by atoms with Crippen molar-refractivity contribution in [3.8, 4) is 0 Å². The third-order valence-electron chi connectivity index (χ3n) is 4.79. The fourth-order valence-electron chi connectivity index (χ4n) is 3.51. The summed E-state index contributed by atoms with van der Waals surface area (Å²) in [4.78, 5) is 15.8. The highest BCUT2D eigenvalue weighted by atomic mass is 35.5. The SMILES string of the molecule is Cc1ccc(CN2CCC(N3CCNCC3)C2)cc1[N+](=O)[O-].Cl. The van der Waals surface area contributed by atoms with Crippen LogP contribution in [0.5, 0.6) is 0 Å². The second-order valence-corrected chi connectivity index (χ2v) is 6.34. The van der Waals surface area contributed by atoms with Crippen molar-refractivity contribution in [1.82, 2.24) is 15.1 Å². The molecule has 128 valence electrons. The first kappa shape index (κ1) is 18.1. The quantitative estimate of drug-likeness (QED) is 0.669. The van der Waals surface area contributed by atoms with Crippen molar-refractivity contribution in [2.75, 3.05) is 39.3 Å². The van der Waals surface area contributed by atoms with Gasteiger partial charge in [0.2, 0.25) is 0 Å². The van der Waals surface area contributed by atoms with Gasteiger partial charge in [0.25, 0.3) is 5.69 Å². The van der Waals surface area contributed by atoms with Crippen LogP contribution in [-0.4, -0.2) is 60.0 Å². The maximum absolute atomic E-state index is 11.0. The first-order valence-electron chi connectivity index (χ1n) is 8.04. The van der Waals surface area contributed by atoms with Gasteiger partial charge in [-0.05, 0) is 18.9 Å². The summed E-state index contributed by atoms with van der Waals surface area (Å²) in [6.45, 7) is 9.18. The zero-order valence-electron chi connectivity index (χ0n) is 13.5. The number of benzene rings is 1. The summed E-state index contributed by atoms with van der Waals surface area (Å²) in [5.74, 6) is 0. The van der Waals surface area contributed by atoms with E-state index in [2.05, 4.69) is 15.1 Å². The van der Waals surface area contributed by atoms with Crippen LogP contribution in [0.3, 0.4) is 0 Å². The molecule has 3 rings (SSSR count). The number of nitro benzene ring substituents is 1. The Morgan fingerprint density at radius 2 is 2.04 bits per heavy atom. The zero-order valence-corrected chi connectivity index (χ0v) is 14.3. The van der Waals surface area contributed by atoms with E-state index in [9.17, 15) is 10.1 Å². The van der Waals surface area contributed by atoms with E-state index in [0.29, 0.717) is 6.04 Å². The van der Waals surface area contributed by atoms with Gasteiger partial charge >= 0.3 is 0 Å². The second kappa shape index (κ2) is 8.06. The molecule has 2 heterocycles. The number of piperazine rings is 1. The van der Waals surface area contributed by atoms with Crippen molar-refractivity contribution in [3.63, 3.8) is 0 Å². The molecule has 2 saturated heterocycles. The third-order valence-corrected chi connectivity index (χ3v) is 4.79. The number of likely N-dealkylation sites (tertiary alicyclic amines) is 1. The summed E-state index contributed by atoms with van der Waals surface area (Å²) in [5.41, 5.74) is 2.00. The molecule has 1 unspecified atom stereocenters. The molecule has 1 aromatic carbocycles. The number of halogens is 1. The largest absolute Gasteiger partial charge is 0.314 e. The Balaban J connectivity index is 0.00000192. The van der Waals surface area contributed by atoms with Crippen LogP contribution in [0, 0.1) is 17.0 Å². The van der Waals surface area contributed by atoms with E-state index in [1.54, 1.807) is 13.0 Å². The Morgan fingerprint density at radius 1 is 1.30 bits per heavy atom. The van der Waals surface area contributed by atoms with Crippen LogP contribution in [-0.2, 0) is 6.54 Å². The summed E-state index contributed by atoms with van der Waals surface area (Å²) < 4.78 is 0. The number of nitro groups is 1. The van der Waals surface area contributed by atoms with E-state index >= 15 is 0 Å². The lowest BCUT2D eigenvalue weighted by Crippen LogP contribution is -2.49. The number of nitrogens with zero attached hydrogens (tertiary/aromatic N) is 3. The smallest absolute Gasteiger partial charge is 0.272 e. The predicted molar refractivity (Wildman–Crippen MR) is 93.2 cm³/mol. The van der Waals surface area contributed by atoms with Gasteiger partial charge in [-0.2, -0.15) is 0 Å². The minimum atomic E-state index is -0.285. The maximum atomic E-state index is 11.0. The molecule has 0 saturated carbocycles. The van der Waals surface area contributed by atoms with Gasteiger partial charge in [0.1, 0.15) is 0 Å². The number of rotatable bonds is 4. The molecule has 2 fully saturated rings. The minimum absolute atomic E-state index is 0. The number of nitrogens with one attached hydrogen (secondary N) is 1. The van der Waals surface area contributed by atoms with E-state index in [4.69, 9.17) is 0 Å². The zero-order chi connectivity index (χ0) is 15.5. The van der Waals surface area contributed by atoms with Crippen LogP contribution in [0.2, 0.25) is 0 Å². The van der Waals surface area contributed by atoms with Crippen molar-refractivity contribution < 1.29 is 4.92 Å². The van der Waals surface area contributed by atoms with Crippen molar-refractivity contribution in [2.45, 2.75) is 25.9 Å². The average molecular weight is 341 g/mol. The summed E-state index contributed by atoms with van der Waals surface area (Å²) in [7, 11) is 0. The minimum Gasteiger partial charge on any atom is -0.314 e. The lowest BCUT2D eigenvalue weighted by molar-refractivity contribution is -0.385. The van der Waals surface area contributed by atoms with Gasteiger partial charge in [0.15, 0.2) is 0 Å². The molecule has 0 aromatic heterocycles. The van der Waals surface area contributed by atoms with E-state index < -0.39 is 0 Å². The van der Waals surface area contributed by atoms with Crippen LogP contribution in [0.25, 0.3) is 0 Å². The number of aryl methyl sites for hydroxylation is 1. The van der Waals surface area contributed by atoms with Gasteiger partial charge < -0.3 is 5.32 Å². The molecule has 0 spiro atoms. The number of hydrogen-bond acceptors (Lipinski definition) is 5. The first-order chi connectivity index (χ1) is 10.6. The molecule has 0 amide bonds. The third kappa shape index (κ3) is 4.41. The highest BCUT2D eigenvalue weighted by molar-refractivity contribution is 5.85. The predicted octanol–water partition coefficient (Wildman–Crippen LogP) is 1.80. The van der Waals surface area contributed by atoms with E-state index in [1.807, 2.05) is 12.1 Å². The molecule has 2 aliphatic rings. The Labute approximate surface area is 143 Å². The van der Waals surface area contributed by atoms with E-state index in [-0.39, 0.29) is 23.0 Å². The maximum Gasteiger partial charge on any atom is 0.272 e. The highest BCUT2D eigenvalue weighted by Crippen LogP contribution is 2.23. The van der Waals surface area contributed by atoms with Gasteiger partial charge in [-0.1, -0.05) is 12.1 Å². The van der Waals surface area contributed by atoms with Gasteiger partial charge in [0, 0.05) is 63.5 Å². The molecule has 0 aliphatic carbocycles. The molecular weight excluding hydrogens is 316 g/mol. The molecule has 6 nitrogen and oxygen atoms in total. The Hall–Kier alpha value is -1.21. The van der Waals surface area contributed by atoms with Crippen LogP contribution < -0.4 is 5.32 Å². The summed E-state index contributed by atoms with van der Waals surface area (Å²) in [6, 6.07) is 6.24. The molecular formula is C16H25ClN4O2. The summed E-state index contributed by atoms with van der Waals surface area (Å²) >= 11 is 0. The standard InChI is InChI=1S/C16H24N4O2.ClH/c1-13-2-3-14(10-16(13)20(21)22)11-18-7-4-15(12-18)19-8-5-17-6-9-19;/h2-3,10,15,17H,4-9,11-12H2,1H3;1H. The normalized spacial score (nSPS) is 22.7. The fraction of sp³-hybridized carbons (Fsp3) is 0.625. The van der Waals surface area contributed by atoms with E-state index in [0.717, 1.165) is 56.9 Å². The van der Waals surface area contributed by atoms with Crippen molar-refractivity contribution in [2.24, 2.45) is 0 Å². The van der Waals surface area contributed by atoms with Crippen molar-refractivity contribution in [1.29, 1.82) is 0 Å². The lowest BCUT2D eigenvalue weighted by Gasteiger charge is -2.32. The van der Waals surface area contributed by atoms with Crippen molar-refractivity contribution >= 4 is 18.1 Å².